The number of fused-ring (bicyclic) bond motifs is 1. The van der Waals surface area contributed by atoms with Gasteiger partial charge in [0.1, 0.15) is 11.6 Å². The van der Waals surface area contributed by atoms with E-state index in [9.17, 15) is 27.5 Å². The van der Waals surface area contributed by atoms with Crippen LogP contribution in [0.2, 0.25) is 0 Å². The van der Waals surface area contributed by atoms with Crippen LogP contribution < -0.4 is 5.56 Å². The van der Waals surface area contributed by atoms with Crippen LogP contribution >= 0.6 is 0 Å². The van der Waals surface area contributed by atoms with E-state index in [1.165, 1.54) is 29.0 Å². The summed E-state index contributed by atoms with van der Waals surface area (Å²) >= 11 is 0. The Kier molecular flexibility index (Phi) is 4.61. The molecule has 0 aliphatic rings. The molecule has 0 saturated heterocycles. The van der Waals surface area contributed by atoms with Gasteiger partial charge < -0.3 is 5.11 Å². The summed E-state index contributed by atoms with van der Waals surface area (Å²) in [6.07, 6.45) is -3.43. The van der Waals surface area contributed by atoms with Crippen molar-refractivity contribution in [1.29, 1.82) is 0 Å². The largest absolute Gasteiger partial charge is 0.508 e. The molecule has 0 unspecified atom stereocenters. The lowest BCUT2D eigenvalue weighted by Gasteiger charge is -2.15. The van der Waals surface area contributed by atoms with Crippen LogP contribution in [0, 0.1) is 12.7 Å². The highest BCUT2D eigenvalue weighted by Gasteiger charge is 2.34. The summed E-state index contributed by atoms with van der Waals surface area (Å²) < 4.78 is 54.3. The summed E-state index contributed by atoms with van der Waals surface area (Å²) in [4.78, 5) is 13.0. The van der Waals surface area contributed by atoms with Crippen molar-refractivity contribution in [2.45, 2.75) is 6.18 Å². The number of alkyl halides is 3. The molecule has 0 atom stereocenters. The predicted molar refractivity (Wildman–Crippen MR) is 105 cm³/mol. The standard InChI is InChI=1S/C23H13F4NO2/c1-13-2-5-15(6-3-13)28-12-19(18-11-16(29)7-8-17(18)22(28)30)14-4-9-20(21(24)10-14)23(25,26)27/h1-12,29H. The molecule has 0 saturated carbocycles. The molecule has 3 aromatic carbocycles. The molecule has 0 aliphatic heterocycles. The van der Waals surface area contributed by atoms with Gasteiger partial charge in [-0.05, 0) is 60.5 Å². The fraction of sp³-hybridized carbons (Fsp3) is 0.0435. The Hall–Kier alpha value is -3.61. The van der Waals surface area contributed by atoms with Crippen LogP contribution in [0.15, 0.2) is 71.7 Å². The fourth-order valence-electron chi connectivity index (χ4n) is 3.30. The van der Waals surface area contributed by atoms with Crippen LogP contribution in [0.3, 0.4) is 0 Å². The Morgan fingerprint density at radius 2 is 1.60 bits per heavy atom. The first-order valence-electron chi connectivity index (χ1n) is 8.76. The van der Waals surface area contributed by atoms with Gasteiger partial charge in [0.15, 0.2) is 0 Å². The second-order valence-electron chi connectivity index (χ2n) is 6.73. The van der Waals surface area contributed by atoms with Crippen molar-refractivity contribution in [2.75, 3.05) is 0 Å². The molecule has 1 aromatic heterocycles. The molecule has 0 spiro atoms. The molecule has 3 nitrogen and oxygen atoms in total. The maximum atomic E-state index is 14.2. The zero-order valence-corrected chi connectivity index (χ0v) is 15.2. The van der Waals surface area contributed by atoms with Crippen molar-refractivity contribution in [3.63, 3.8) is 0 Å². The van der Waals surface area contributed by atoms with Gasteiger partial charge in [0.2, 0.25) is 0 Å². The number of rotatable bonds is 2. The molecule has 150 valence electrons. The Morgan fingerprint density at radius 3 is 2.23 bits per heavy atom. The Bertz CT molecular complexity index is 1320. The minimum absolute atomic E-state index is 0.125. The smallest absolute Gasteiger partial charge is 0.419 e. The molecule has 4 aromatic rings. The number of aromatic hydroxyl groups is 1. The number of pyridine rings is 1. The third kappa shape index (κ3) is 3.43. The number of aromatic nitrogens is 1. The maximum absolute atomic E-state index is 14.2. The molecule has 1 N–H and O–H groups in total. The van der Waals surface area contributed by atoms with E-state index in [1.54, 1.807) is 24.3 Å². The van der Waals surface area contributed by atoms with Gasteiger partial charge in [-0.15, -0.1) is 0 Å². The molecule has 0 fully saturated rings. The van der Waals surface area contributed by atoms with Gasteiger partial charge in [0, 0.05) is 28.2 Å². The van der Waals surface area contributed by atoms with Crippen molar-refractivity contribution < 1.29 is 22.7 Å². The lowest BCUT2D eigenvalue weighted by atomic mass is 9.98. The summed E-state index contributed by atoms with van der Waals surface area (Å²) in [5, 5.41) is 10.4. The second kappa shape index (κ2) is 7.02. The van der Waals surface area contributed by atoms with Gasteiger partial charge in [-0.3, -0.25) is 9.36 Å². The van der Waals surface area contributed by atoms with Gasteiger partial charge in [0.05, 0.1) is 5.56 Å². The molecular weight excluding hydrogens is 398 g/mol. The molecule has 0 bridgehead atoms. The molecule has 0 aliphatic carbocycles. The van der Waals surface area contributed by atoms with E-state index in [0.717, 1.165) is 12.1 Å². The molecule has 2 radical (unpaired) electrons. The van der Waals surface area contributed by atoms with Crippen molar-refractivity contribution in [1.82, 2.24) is 4.57 Å². The average Bonchev–Trinajstić information content (AvgIpc) is 2.68. The van der Waals surface area contributed by atoms with Crippen molar-refractivity contribution in [2.24, 2.45) is 0 Å². The van der Waals surface area contributed by atoms with E-state index in [4.69, 9.17) is 6.92 Å². The molecular formula is C23H13F4NO2. The number of hydrogen-bond donors (Lipinski definition) is 1. The number of nitrogens with zero attached hydrogens (tertiary/aromatic N) is 1. The number of benzene rings is 3. The van der Waals surface area contributed by atoms with E-state index in [0.29, 0.717) is 17.3 Å². The van der Waals surface area contributed by atoms with E-state index in [-0.39, 0.29) is 27.6 Å². The first-order valence-corrected chi connectivity index (χ1v) is 8.76. The highest BCUT2D eigenvalue weighted by Crippen LogP contribution is 2.35. The number of phenols is 1. The van der Waals surface area contributed by atoms with Crippen LogP contribution in [-0.2, 0) is 6.18 Å². The van der Waals surface area contributed by atoms with Crippen molar-refractivity contribution in [3.8, 4) is 22.6 Å². The van der Waals surface area contributed by atoms with E-state index < -0.39 is 23.1 Å². The number of hydrogen-bond acceptors (Lipinski definition) is 2. The minimum atomic E-state index is -4.83. The summed E-state index contributed by atoms with van der Waals surface area (Å²) in [7, 11) is 0. The average molecular weight is 411 g/mol. The number of halogens is 4. The summed E-state index contributed by atoms with van der Waals surface area (Å²) in [5.74, 6) is -1.57. The molecule has 7 heteroatoms. The zero-order valence-electron chi connectivity index (χ0n) is 15.2. The quantitative estimate of drug-likeness (QED) is 0.438. The van der Waals surface area contributed by atoms with Gasteiger partial charge in [0.25, 0.3) is 5.56 Å². The fourth-order valence-corrected chi connectivity index (χ4v) is 3.30. The maximum Gasteiger partial charge on any atom is 0.419 e. The summed E-state index contributed by atoms with van der Waals surface area (Å²) in [6, 6.07) is 13.0. The monoisotopic (exact) mass is 411 g/mol. The summed E-state index contributed by atoms with van der Waals surface area (Å²) in [5.41, 5.74) is -0.429. The lowest BCUT2D eigenvalue weighted by molar-refractivity contribution is -0.139. The van der Waals surface area contributed by atoms with Gasteiger partial charge in [-0.2, -0.15) is 13.2 Å². The molecule has 0 amide bonds. The summed E-state index contributed by atoms with van der Waals surface area (Å²) in [6.45, 7) is 5.69. The first kappa shape index (κ1) is 19.7. The highest BCUT2D eigenvalue weighted by molar-refractivity contribution is 5.97. The van der Waals surface area contributed by atoms with E-state index >= 15 is 0 Å². The first-order chi connectivity index (χ1) is 14.1. The predicted octanol–water partition coefficient (Wildman–Crippen LogP) is 5.58. The normalized spacial score (nSPS) is 11.8. The van der Waals surface area contributed by atoms with Crippen LogP contribution in [0.1, 0.15) is 11.1 Å². The Balaban J connectivity index is 2.02. The molecule has 30 heavy (non-hydrogen) atoms. The Morgan fingerprint density at radius 1 is 0.900 bits per heavy atom. The van der Waals surface area contributed by atoms with Crippen LogP contribution in [0.4, 0.5) is 17.6 Å². The third-order valence-corrected chi connectivity index (χ3v) is 4.76. The van der Waals surface area contributed by atoms with Crippen molar-refractivity contribution in [3.05, 3.63) is 101 Å². The number of phenolic OH excluding ortho intramolecular Hbond substituents is 1. The van der Waals surface area contributed by atoms with Crippen LogP contribution in [0.5, 0.6) is 5.75 Å². The van der Waals surface area contributed by atoms with Crippen LogP contribution in [0.25, 0.3) is 27.6 Å². The third-order valence-electron chi connectivity index (χ3n) is 4.76. The van der Waals surface area contributed by atoms with Crippen molar-refractivity contribution >= 4 is 10.8 Å². The van der Waals surface area contributed by atoms with E-state index in [2.05, 4.69) is 0 Å². The van der Waals surface area contributed by atoms with Gasteiger partial charge >= 0.3 is 6.18 Å². The second-order valence-corrected chi connectivity index (χ2v) is 6.73. The topological polar surface area (TPSA) is 42.2 Å². The lowest BCUT2D eigenvalue weighted by Crippen LogP contribution is -2.18. The molecule has 4 rings (SSSR count). The Labute approximate surface area is 168 Å². The van der Waals surface area contributed by atoms with Gasteiger partial charge in [-0.25, -0.2) is 4.39 Å². The minimum Gasteiger partial charge on any atom is -0.508 e. The van der Waals surface area contributed by atoms with Gasteiger partial charge in [-0.1, -0.05) is 18.2 Å². The highest BCUT2D eigenvalue weighted by atomic mass is 19.4. The van der Waals surface area contributed by atoms with Crippen LogP contribution in [-0.4, -0.2) is 9.67 Å². The zero-order chi connectivity index (χ0) is 21.6. The van der Waals surface area contributed by atoms with E-state index in [1.807, 2.05) is 0 Å². The molecule has 1 heterocycles. The SMILES string of the molecule is [CH]c1ccc(-n2cc(-c3ccc(C(F)(F)F)c(F)c3)c3cc(O)ccc3c2=O)cc1.